The highest BCUT2D eigenvalue weighted by Crippen LogP contribution is 1.81. The van der Waals surface area contributed by atoms with E-state index in [1.54, 1.807) is 25.3 Å². The number of nitrogens with one attached hydrogen (secondary N) is 1. The first kappa shape index (κ1) is 10.9. The van der Waals surface area contributed by atoms with Crippen LogP contribution in [0.4, 0.5) is 0 Å². The maximum atomic E-state index is 10.6. The van der Waals surface area contributed by atoms with Gasteiger partial charge < -0.3 is 15.8 Å². The van der Waals surface area contributed by atoms with Gasteiger partial charge in [-0.25, -0.2) is 0 Å². The zero-order chi connectivity index (χ0) is 9.40. The fourth-order valence-corrected chi connectivity index (χ4v) is 0.506. The fourth-order valence-electron chi connectivity index (χ4n) is 0.506. The lowest BCUT2D eigenvalue weighted by molar-refractivity contribution is 0.306. The third kappa shape index (κ3) is 4.65. The lowest BCUT2D eigenvalue weighted by Gasteiger charge is -1.83. The van der Waals surface area contributed by atoms with Crippen LogP contribution in [0.3, 0.4) is 0 Å². The molecule has 0 aromatic carbocycles. The molecule has 1 heterocycles. The maximum absolute atomic E-state index is 10.6. The molecule has 0 bridgehead atoms. The van der Waals surface area contributed by atoms with Crippen molar-refractivity contribution in [3.63, 3.8) is 0 Å². The van der Waals surface area contributed by atoms with Crippen LogP contribution >= 0.6 is 0 Å². The van der Waals surface area contributed by atoms with Gasteiger partial charge in [-0.3, -0.25) is 4.79 Å². The van der Waals surface area contributed by atoms with Gasteiger partial charge in [-0.05, 0) is 13.0 Å². The largest absolute Gasteiger partial charge is 0.395 e. The van der Waals surface area contributed by atoms with Gasteiger partial charge in [0.25, 0.3) is 5.56 Å². The molecule has 0 spiro atoms. The van der Waals surface area contributed by atoms with Crippen molar-refractivity contribution in [3.05, 3.63) is 34.2 Å². The molecule has 4 nitrogen and oxygen atoms in total. The first-order valence-corrected chi connectivity index (χ1v) is 3.67. The van der Waals surface area contributed by atoms with Gasteiger partial charge in [0.15, 0.2) is 0 Å². The predicted octanol–water partition coefficient (Wildman–Crippen LogP) is -0.379. The highest BCUT2D eigenvalue weighted by Gasteiger charge is 1.83. The summed E-state index contributed by atoms with van der Waals surface area (Å²) in [6.07, 6.45) is 1.62. The van der Waals surface area contributed by atoms with E-state index in [4.69, 9.17) is 10.8 Å². The predicted molar refractivity (Wildman–Crippen MR) is 47.9 cm³/mol. The summed E-state index contributed by atoms with van der Waals surface area (Å²) in [5.41, 5.74) is 5.53. The molecule has 12 heavy (non-hydrogen) atoms. The molecule has 0 radical (unpaired) electrons. The first-order chi connectivity index (χ1) is 5.72. The molecule has 0 atom stereocenters. The summed E-state index contributed by atoms with van der Waals surface area (Å²) in [5.74, 6) is 0. The van der Waals surface area contributed by atoms with Gasteiger partial charge in [-0.2, -0.15) is 0 Å². The quantitative estimate of drug-likeness (QED) is 0.537. The summed E-state index contributed by atoms with van der Waals surface area (Å²) in [6, 6.07) is 3.58. The normalized spacial score (nSPS) is 8.58. The Labute approximate surface area is 71.0 Å². The van der Waals surface area contributed by atoms with Crippen LogP contribution in [0.5, 0.6) is 0 Å². The van der Waals surface area contributed by atoms with E-state index in [0.717, 1.165) is 5.56 Å². The molecule has 1 rings (SSSR count). The van der Waals surface area contributed by atoms with Crippen molar-refractivity contribution >= 4 is 0 Å². The van der Waals surface area contributed by atoms with Crippen LogP contribution in [0.15, 0.2) is 23.1 Å². The Kier molecular flexibility index (Phi) is 5.95. The fraction of sp³-hybridized carbons (Fsp3) is 0.375. The molecule has 1 aromatic rings. The summed E-state index contributed by atoms with van der Waals surface area (Å²) in [4.78, 5) is 13.1. The van der Waals surface area contributed by atoms with Crippen molar-refractivity contribution in [2.75, 3.05) is 13.2 Å². The van der Waals surface area contributed by atoms with Crippen LogP contribution in [0.2, 0.25) is 0 Å². The van der Waals surface area contributed by atoms with Crippen LogP contribution < -0.4 is 11.3 Å². The van der Waals surface area contributed by atoms with Crippen molar-refractivity contribution in [1.82, 2.24) is 4.98 Å². The van der Waals surface area contributed by atoms with E-state index in [1.807, 2.05) is 0 Å². The summed E-state index contributed by atoms with van der Waals surface area (Å²) in [6.45, 7) is 2.25. The Morgan fingerprint density at radius 3 is 2.50 bits per heavy atom. The third-order valence-electron chi connectivity index (χ3n) is 1.14. The van der Waals surface area contributed by atoms with Gasteiger partial charge in [-0.15, -0.1) is 0 Å². The van der Waals surface area contributed by atoms with Crippen LogP contribution in [-0.4, -0.2) is 23.2 Å². The van der Waals surface area contributed by atoms with Gasteiger partial charge in [0.2, 0.25) is 0 Å². The van der Waals surface area contributed by atoms with Crippen molar-refractivity contribution in [2.45, 2.75) is 6.92 Å². The summed E-state index contributed by atoms with van der Waals surface area (Å²) < 4.78 is 0. The van der Waals surface area contributed by atoms with Crippen molar-refractivity contribution in [1.29, 1.82) is 0 Å². The zero-order valence-corrected chi connectivity index (χ0v) is 7.08. The van der Waals surface area contributed by atoms with Crippen molar-refractivity contribution in [3.8, 4) is 0 Å². The zero-order valence-electron chi connectivity index (χ0n) is 7.08. The second-order valence-electron chi connectivity index (χ2n) is 2.19. The maximum Gasteiger partial charge on any atom is 0.250 e. The number of hydrogen-bond acceptors (Lipinski definition) is 3. The SMILES string of the molecule is Cc1ccc[nH]c1=O.NCCO. The summed E-state index contributed by atoms with van der Waals surface area (Å²) in [7, 11) is 0. The number of aliphatic hydroxyl groups is 1. The van der Waals surface area contributed by atoms with E-state index in [-0.39, 0.29) is 12.2 Å². The molecule has 0 amide bonds. The number of pyridine rings is 1. The number of H-pyrrole nitrogens is 1. The average Bonchev–Trinajstić information content (AvgIpc) is 2.11. The Balaban J connectivity index is 0.000000261. The Morgan fingerprint density at radius 2 is 2.25 bits per heavy atom. The van der Waals surface area contributed by atoms with E-state index in [0.29, 0.717) is 6.54 Å². The van der Waals surface area contributed by atoms with Crippen molar-refractivity contribution in [2.24, 2.45) is 5.73 Å². The Bertz CT molecular complexity index is 255. The van der Waals surface area contributed by atoms with Crippen LogP contribution in [0.25, 0.3) is 0 Å². The van der Waals surface area contributed by atoms with E-state index in [2.05, 4.69) is 4.98 Å². The van der Waals surface area contributed by atoms with E-state index in [9.17, 15) is 4.79 Å². The minimum atomic E-state index is -0.00694. The number of aliphatic hydroxyl groups excluding tert-OH is 1. The molecule has 0 aliphatic carbocycles. The highest BCUT2D eigenvalue weighted by atomic mass is 16.3. The smallest absolute Gasteiger partial charge is 0.250 e. The number of aryl methyl sites for hydroxylation is 1. The van der Waals surface area contributed by atoms with Gasteiger partial charge in [-0.1, -0.05) is 6.07 Å². The molecule has 4 N–H and O–H groups in total. The molecule has 0 fully saturated rings. The van der Waals surface area contributed by atoms with Gasteiger partial charge in [0.1, 0.15) is 0 Å². The summed E-state index contributed by atoms with van der Waals surface area (Å²) >= 11 is 0. The Morgan fingerprint density at radius 1 is 1.67 bits per heavy atom. The minimum Gasteiger partial charge on any atom is -0.395 e. The molecule has 0 saturated carbocycles. The van der Waals surface area contributed by atoms with Gasteiger partial charge in [0, 0.05) is 18.3 Å². The van der Waals surface area contributed by atoms with E-state index in [1.165, 1.54) is 0 Å². The monoisotopic (exact) mass is 170 g/mol. The highest BCUT2D eigenvalue weighted by molar-refractivity contribution is 5.05. The van der Waals surface area contributed by atoms with Gasteiger partial charge in [0.05, 0.1) is 6.61 Å². The molecule has 68 valence electrons. The molecular weight excluding hydrogens is 156 g/mol. The lowest BCUT2D eigenvalue weighted by Crippen LogP contribution is -2.06. The number of hydrogen-bond donors (Lipinski definition) is 3. The molecular formula is C8H14N2O2. The van der Waals surface area contributed by atoms with Crippen LogP contribution in [0, 0.1) is 6.92 Å². The molecule has 4 heteroatoms. The lowest BCUT2D eigenvalue weighted by atomic mass is 10.3. The second kappa shape index (κ2) is 6.57. The number of nitrogens with two attached hydrogens (primary N) is 1. The van der Waals surface area contributed by atoms with Crippen LogP contribution in [-0.2, 0) is 0 Å². The number of rotatable bonds is 1. The Hall–Kier alpha value is -1.13. The van der Waals surface area contributed by atoms with E-state index < -0.39 is 0 Å². The average molecular weight is 170 g/mol. The molecule has 0 aliphatic rings. The number of aromatic nitrogens is 1. The first-order valence-electron chi connectivity index (χ1n) is 3.67. The van der Waals surface area contributed by atoms with Crippen molar-refractivity contribution < 1.29 is 5.11 Å². The second-order valence-corrected chi connectivity index (χ2v) is 2.19. The third-order valence-corrected chi connectivity index (χ3v) is 1.14. The number of aromatic amines is 1. The molecule has 0 unspecified atom stereocenters. The molecule has 1 aromatic heterocycles. The van der Waals surface area contributed by atoms with Crippen LogP contribution in [0.1, 0.15) is 5.56 Å². The minimum absolute atomic E-state index is 0.00694. The topological polar surface area (TPSA) is 79.1 Å². The molecule has 0 aliphatic heterocycles. The van der Waals surface area contributed by atoms with E-state index >= 15 is 0 Å². The molecule has 0 saturated heterocycles. The standard InChI is InChI=1S/C6H7NO.C2H7NO/c1-5-3-2-4-7-6(5)8;3-1-2-4/h2-4H,1H3,(H,7,8);4H,1-3H2. The van der Waals surface area contributed by atoms with Gasteiger partial charge >= 0.3 is 0 Å². The summed E-state index contributed by atoms with van der Waals surface area (Å²) in [5, 5.41) is 7.75.